The summed E-state index contributed by atoms with van der Waals surface area (Å²) in [6.07, 6.45) is 0. The van der Waals surface area contributed by atoms with Gasteiger partial charge in [-0.05, 0) is 12.8 Å². The highest BCUT2D eigenvalue weighted by Gasteiger charge is 2.14. The van der Waals surface area contributed by atoms with Crippen LogP contribution in [0.25, 0.3) is 0 Å². The van der Waals surface area contributed by atoms with Gasteiger partial charge in [-0.25, -0.2) is 9.97 Å². The molecule has 0 amide bonds. The molecule has 2 rings (SSSR count). The molecular weight excluding hydrogens is 202 g/mol. The van der Waals surface area contributed by atoms with Gasteiger partial charge in [0, 0.05) is 24.8 Å². The first-order chi connectivity index (χ1) is 7.66. The highest BCUT2D eigenvalue weighted by Crippen LogP contribution is 2.19. The number of nitrogens with zero attached hydrogens (tertiary/aromatic N) is 3. The number of aromatic nitrogens is 2. The van der Waals surface area contributed by atoms with E-state index in [2.05, 4.69) is 34.8 Å². The lowest BCUT2D eigenvalue weighted by molar-refractivity contribution is 0.122. The smallest absolute Gasteiger partial charge is 0.132 e. The Balaban J connectivity index is 2.25. The van der Waals surface area contributed by atoms with Crippen molar-refractivity contribution >= 4 is 5.82 Å². The fourth-order valence-electron chi connectivity index (χ4n) is 1.82. The van der Waals surface area contributed by atoms with Gasteiger partial charge < -0.3 is 9.64 Å². The van der Waals surface area contributed by atoms with E-state index in [0.717, 1.165) is 43.6 Å². The first-order valence-corrected chi connectivity index (χ1v) is 5.85. The molecule has 0 spiro atoms. The summed E-state index contributed by atoms with van der Waals surface area (Å²) in [5, 5.41) is 0. The Kier molecular flexibility index (Phi) is 3.39. The molecule has 4 nitrogen and oxygen atoms in total. The fourth-order valence-corrected chi connectivity index (χ4v) is 1.82. The van der Waals surface area contributed by atoms with Crippen molar-refractivity contribution in [2.45, 2.75) is 26.7 Å². The number of rotatable bonds is 2. The number of ether oxygens (including phenoxy) is 1. The van der Waals surface area contributed by atoms with Crippen LogP contribution in [0.1, 0.15) is 31.3 Å². The maximum absolute atomic E-state index is 5.34. The highest BCUT2D eigenvalue weighted by molar-refractivity contribution is 5.40. The minimum atomic E-state index is 0.446. The van der Waals surface area contributed by atoms with Crippen molar-refractivity contribution in [1.29, 1.82) is 0 Å². The Morgan fingerprint density at radius 2 is 1.94 bits per heavy atom. The number of hydrogen-bond donors (Lipinski definition) is 0. The van der Waals surface area contributed by atoms with Gasteiger partial charge in [0.1, 0.15) is 11.6 Å². The Bertz CT molecular complexity index is 359. The molecule has 1 aliphatic rings. The Hall–Kier alpha value is -1.16. The summed E-state index contributed by atoms with van der Waals surface area (Å²) in [6.45, 7) is 9.70. The number of anilines is 1. The van der Waals surface area contributed by atoms with Crippen molar-refractivity contribution in [3.05, 3.63) is 17.6 Å². The lowest BCUT2D eigenvalue weighted by Crippen LogP contribution is -2.37. The molecule has 1 aliphatic heterocycles. The molecule has 1 fully saturated rings. The molecule has 0 unspecified atom stereocenters. The van der Waals surface area contributed by atoms with Gasteiger partial charge in [0.15, 0.2) is 0 Å². The molecule has 4 heteroatoms. The summed E-state index contributed by atoms with van der Waals surface area (Å²) < 4.78 is 5.34. The highest BCUT2D eigenvalue weighted by atomic mass is 16.5. The molecule has 0 N–H and O–H groups in total. The van der Waals surface area contributed by atoms with Crippen LogP contribution in [0.4, 0.5) is 5.82 Å². The van der Waals surface area contributed by atoms with Crippen LogP contribution in [-0.2, 0) is 4.74 Å². The van der Waals surface area contributed by atoms with Gasteiger partial charge in [0.05, 0.1) is 13.2 Å². The third-order valence-corrected chi connectivity index (χ3v) is 2.77. The standard InChI is InChI=1S/C12H19N3O/c1-9(2)11-8-12(14-10(3)13-11)15-4-6-16-7-5-15/h8-9H,4-7H2,1-3H3. The molecular formula is C12H19N3O. The zero-order valence-corrected chi connectivity index (χ0v) is 10.2. The quantitative estimate of drug-likeness (QED) is 0.762. The van der Waals surface area contributed by atoms with Crippen LogP contribution in [0.3, 0.4) is 0 Å². The van der Waals surface area contributed by atoms with Gasteiger partial charge in [-0.3, -0.25) is 0 Å². The molecule has 2 heterocycles. The van der Waals surface area contributed by atoms with E-state index >= 15 is 0 Å². The van der Waals surface area contributed by atoms with E-state index in [-0.39, 0.29) is 0 Å². The minimum Gasteiger partial charge on any atom is -0.378 e. The molecule has 16 heavy (non-hydrogen) atoms. The Morgan fingerprint density at radius 3 is 2.56 bits per heavy atom. The molecule has 0 aromatic carbocycles. The van der Waals surface area contributed by atoms with Gasteiger partial charge in [-0.1, -0.05) is 13.8 Å². The maximum atomic E-state index is 5.34. The second-order valence-electron chi connectivity index (χ2n) is 4.45. The molecule has 1 saturated heterocycles. The zero-order chi connectivity index (χ0) is 11.5. The molecule has 1 aromatic heterocycles. The zero-order valence-electron chi connectivity index (χ0n) is 10.2. The van der Waals surface area contributed by atoms with Crippen LogP contribution < -0.4 is 4.90 Å². The van der Waals surface area contributed by atoms with Crippen LogP contribution >= 0.6 is 0 Å². The third-order valence-electron chi connectivity index (χ3n) is 2.77. The summed E-state index contributed by atoms with van der Waals surface area (Å²) in [6, 6.07) is 2.10. The third kappa shape index (κ3) is 2.50. The molecule has 0 aliphatic carbocycles. The second kappa shape index (κ2) is 4.78. The molecule has 0 radical (unpaired) electrons. The Morgan fingerprint density at radius 1 is 1.25 bits per heavy atom. The molecule has 88 valence electrons. The van der Waals surface area contributed by atoms with Crippen molar-refractivity contribution in [3.8, 4) is 0 Å². The van der Waals surface area contributed by atoms with E-state index in [1.807, 2.05) is 6.92 Å². The summed E-state index contributed by atoms with van der Waals surface area (Å²) in [7, 11) is 0. The Labute approximate surface area is 96.7 Å². The monoisotopic (exact) mass is 221 g/mol. The fraction of sp³-hybridized carbons (Fsp3) is 0.667. The van der Waals surface area contributed by atoms with Crippen LogP contribution in [0, 0.1) is 6.92 Å². The topological polar surface area (TPSA) is 38.2 Å². The van der Waals surface area contributed by atoms with Crippen molar-refractivity contribution in [2.75, 3.05) is 31.2 Å². The van der Waals surface area contributed by atoms with Gasteiger partial charge in [0.25, 0.3) is 0 Å². The summed E-state index contributed by atoms with van der Waals surface area (Å²) in [5.41, 5.74) is 1.12. The minimum absolute atomic E-state index is 0.446. The van der Waals surface area contributed by atoms with E-state index < -0.39 is 0 Å². The van der Waals surface area contributed by atoms with Crippen molar-refractivity contribution in [2.24, 2.45) is 0 Å². The van der Waals surface area contributed by atoms with Crippen LogP contribution in [0.15, 0.2) is 6.07 Å². The van der Waals surface area contributed by atoms with Crippen LogP contribution in [0.5, 0.6) is 0 Å². The van der Waals surface area contributed by atoms with E-state index in [4.69, 9.17) is 4.74 Å². The van der Waals surface area contributed by atoms with Gasteiger partial charge in [-0.2, -0.15) is 0 Å². The predicted octanol–water partition coefficient (Wildman–Crippen LogP) is 1.75. The average molecular weight is 221 g/mol. The van der Waals surface area contributed by atoms with E-state index in [1.54, 1.807) is 0 Å². The number of aryl methyl sites for hydroxylation is 1. The predicted molar refractivity (Wildman–Crippen MR) is 63.9 cm³/mol. The average Bonchev–Trinajstić information content (AvgIpc) is 2.29. The molecule has 0 bridgehead atoms. The largest absolute Gasteiger partial charge is 0.378 e. The van der Waals surface area contributed by atoms with Crippen molar-refractivity contribution < 1.29 is 4.74 Å². The van der Waals surface area contributed by atoms with Crippen molar-refractivity contribution in [1.82, 2.24) is 9.97 Å². The van der Waals surface area contributed by atoms with Crippen LogP contribution in [0.2, 0.25) is 0 Å². The van der Waals surface area contributed by atoms with Crippen LogP contribution in [-0.4, -0.2) is 36.3 Å². The van der Waals surface area contributed by atoms with E-state index in [9.17, 15) is 0 Å². The van der Waals surface area contributed by atoms with Gasteiger partial charge >= 0.3 is 0 Å². The summed E-state index contributed by atoms with van der Waals surface area (Å²) >= 11 is 0. The van der Waals surface area contributed by atoms with E-state index in [0.29, 0.717) is 5.92 Å². The molecule has 1 aromatic rings. The second-order valence-corrected chi connectivity index (χ2v) is 4.45. The lowest BCUT2D eigenvalue weighted by atomic mass is 10.1. The lowest BCUT2D eigenvalue weighted by Gasteiger charge is -2.28. The first kappa shape index (κ1) is 11.3. The van der Waals surface area contributed by atoms with E-state index in [1.165, 1.54) is 0 Å². The first-order valence-electron chi connectivity index (χ1n) is 5.85. The van der Waals surface area contributed by atoms with Gasteiger partial charge in [-0.15, -0.1) is 0 Å². The molecule has 0 atom stereocenters. The number of hydrogen-bond acceptors (Lipinski definition) is 4. The summed E-state index contributed by atoms with van der Waals surface area (Å²) in [4.78, 5) is 11.2. The normalized spacial score (nSPS) is 16.9. The van der Waals surface area contributed by atoms with Crippen molar-refractivity contribution in [3.63, 3.8) is 0 Å². The SMILES string of the molecule is Cc1nc(C(C)C)cc(N2CCOCC2)n1. The molecule has 0 saturated carbocycles. The maximum Gasteiger partial charge on any atom is 0.132 e. The van der Waals surface area contributed by atoms with Gasteiger partial charge in [0.2, 0.25) is 0 Å². The summed E-state index contributed by atoms with van der Waals surface area (Å²) in [5.74, 6) is 2.34. The number of morpholine rings is 1.